The summed E-state index contributed by atoms with van der Waals surface area (Å²) in [6.07, 6.45) is 4.27. The quantitative estimate of drug-likeness (QED) is 0.529. The Balaban J connectivity index is 0. The smallest absolute Gasteiger partial charge is 0.418 e. The van der Waals surface area contributed by atoms with Gasteiger partial charge < -0.3 is 27.1 Å². The number of hydrogen-bond acceptors (Lipinski definition) is 2. The maximum atomic E-state index is 9.75. The first-order chi connectivity index (χ1) is 6.68. The van der Waals surface area contributed by atoms with Crippen LogP contribution in [0, 0.1) is 5.92 Å². The largest absolute Gasteiger partial charge is 1.00 e. The fourth-order valence-corrected chi connectivity index (χ4v) is 1.18. The molecule has 0 saturated carbocycles. The van der Waals surface area contributed by atoms with E-state index in [1.54, 1.807) is 0 Å². The zero-order valence-corrected chi connectivity index (χ0v) is 9.13. The molecule has 1 rings (SSSR count). The molecular weight excluding hydrogens is 211 g/mol. The van der Waals surface area contributed by atoms with Gasteiger partial charge in [0.15, 0.2) is 0 Å². The van der Waals surface area contributed by atoms with Crippen molar-refractivity contribution < 1.29 is 18.7 Å². The second-order valence-electron chi connectivity index (χ2n) is 3.86. The topological polar surface area (TPSA) is 6.48 Å². The molecule has 0 fully saturated rings. The molecule has 0 aromatic heterocycles. The molecule has 0 saturated heterocycles. The van der Waals surface area contributed by atoms with Gasteiger partial charge in [-0.2, -0.15) is 0 Å². The lowest BCUT2D eigenvalue weighted by atomic mass is 10.2. The van der Waals surface area contributed by atoms with Crippen LogP contribution in [0.1, 0.15) is 15.3 Å². The molecule has 0 aliphatic carbocycles. The molecule has 0 aromatic carbocycles. The van der Waals surface area contributed by atoms with Crippen molar-refractivity contribution in [2.45, 2.75) is 13.8 Å². The van der Waals surface area contributed by atoms with Gasteiger partial charge in [-0.1, -0.05) is 13.8 Å². The number of hydrogen-bond donors (Lipinski definition) is 0. The SMILES string of the molecule is CC(C)CN1C=CN(C)C1.F[B-](F)(F)F.[H+]. The maximum Gasteiger partial charge on any atom is 1.00 e. The molecule has 2 nitrogen and oxygen atoms in total. The Hall–Kier alpha value is -0.875. The summed E-state index contributed by atoms with van der Waals surface area (Å²) in [7, 11) is -3.91. The average Bonchev–Trinajstić information content (AvgIpc) is 2.29. The van der Waals surface area contributed by atoms with Gasteiger partial charge in [-0.25, -0.2) is 0 Å². The third-order valence-corrected chi connectivity index (χ3v) is 1.54. The van der Waals surface area contributed by atoms with E-state index in [0.717, 1.165) is 12.6 Å². The van der Waals surface area contributed by atoms with Crippen LogP contribution in [-0.2, 0) is 0 Å². The van der Waals surface area contributed by atoms with Crippen LogP contribution in [-0.4, -0.2) is 37.3 Å². The van der Waals surface area contributed by atoms with E-state index in [1.165, 1.54) is 6.54 Å². The van der Waals surface area contributed by atoms with Crippen molar-refractivity contribution in [2.75, 3.05) is 20.3 Å². The molecule has 0 spiro atoms. The van der Waals surface area contributed by atoms with Gasteiger partial charge in [0.05, 0.1) is 6.67 Å². The zero-order valence-electron chi connectivity index (χ0n) is 10.1. The number of halogens is 4. The summed E-state index contributed by atoms with van der Waals surface area (Å²) in [6.45, 7) is 6.71. The number of nitrogens with zero attached hydrogens (tertiary/aromatic N) is 2. The summed E-state index contributed by atoms with van der Waals surface area (Å²) >= 11 is 0. The van der Waals surface area contributed by atoms with Crippen LogP contribution >= 0.6 is 0 Å². The van der Waals surface area contributed by atoms with E-state index >= 15 is 0 Å². The van der Waals surface area contributed by atoms with E-state index in [9.17, 15) is 17.3 Å². The van der Waals surface area contributed by atoms with Gasteiger partial charge in [0.1, 0.15) is 0 Å². The summed E-state index contributed by atoms with van der Waals surface area (Å²) in [5.74, 6) is 0.760. The Labute approximate surface area is 89.1 Å². The Kier molecular flexibility index (Phi) is 5.53. The number of rotatable bonds is 2. The average molecular weight is 228 g/mol. The van der Waals surface area contributed by atoms with Crippen molar-refractivity contribution in [1.29, 1.82) is 0 Å². The predicted molar refractivity (Wildman–Crippen MR) is 54.6 cm³/mol. The van der Waals surface area contributed by atoms with Crippen LogP contribution in [0.4, 0.5) is 17.3 Å². The highest BCUT2D eigenvalue weighted by Crippen LogP contribution is 2.07. The highest BCUT2D eigenvalue weighted by atomic mass is 19.5. The van der Waals surface area contributed by atoms with Crippen LogP contribution in [0.25, 0.3) is 0 Å². The summed E-state index contributed by atoms with van der Waals surface area (Å²) in [5, 5.41) is 0. The molecule has 1 heterocycles. The van der Waals surface area contributed by atoms with E-state index < -0.39 is 7.25 Å². The molecule has 0 unspecified atom stereocenters. The van der Waals surface area contributed by atoms with Crippen molar-refractivity contribution >= 4 is 7.25 Å². The molecule has 0 amide bonds. The Morgan fingerprint density at radius 2 is 1.73 bits per heavy atom. The van der Waals surface area contributed by atoms with Crippen molar-refractivity contribution in [1.82, 2.24) is 9.80 Å². The summed E-state index contributed by atoms with van der Waals surface area (Å²) in [6, 6.07) is 0. The van der Waals surface area contributed by atoms with Crippen molar-refractivity contribution in [2.24, 2.45) is 5.92 Å². The van der Waals surface area contributed by atoms with Gasteiger partial charge in [-0.15, -0.1) is 0 Å². The minimum Gasteiger partial charge on any atom is -0.418 e. The third-order valence-electron chi connectivity index (χ3n) is 1.54. The van der Waals surface area contributed by atoms with Crippen LogP contribution in [0.5, 0.6) is 0 Å². The van der Waals surface area contributed by atoms with E-state index in [-0.39, 0.29) is 1.43 Å². The molecule has 0 N–H and O–H groups in total. The van der Waals surface area contributed by atoms with Crippen LogP contribution in [0.3, 0.4) is 0 Å². The Morgan fingerprint density at radius 3 is 2.00 bits per heavy atom. The first-order valence-corrected chi connectivity index (χ1v) is 4.68. The molecular formula is C8H17BF4N2. The van der Waals surface area contributed by atoms with Gasteiger partial charge in [-0.05, 0) is 5.92 Å². The molecule has 15 heavy (non-hydrogen) atoms. The molecule has 1 aliphatic heterocycles. The summed E-state index contributed by atoms with van der Waals surface area (Å²) in [4.78, 5) is 4.51. The minimum absolute atomic E-state index is 0. The van der Waals surface area contributed by atoms with E-state index in [2.05, 4.69) is 43.1 Å². The second-order valence-corrected chi connectivity index (χ2v) is 3.86. The molecule has 0 aromatic rings. The molecule has 7 heteroatoms. The monoisotopic (exact) mass is 228 g/mol. The maximum absolute atomic E-state index is 9.75. The normalized spacial score (nSPS) is 15.7. The fraction of sp³-hybridized carbons (Fsp3) is 0.750. The Bertz CT molecular complexity index is 205. The van der Waals surface area contributed by atoms with Gasteiger partial charge in [0, 0.05) is 26.0 Å². The van der Waals surface area contributed by atoms with Crippen molar-refractivity contribution in [3.63, 3.8) is 0 Å². The summed E-state index contributed by atoms with van der Waals surface area (Å²) in [5.41, 5.74) is 0. The molecule has 90 valence electrons. The highest BCUT2D eigenvalue weighted by Gasteiger charge is 2.20. The van der Waals surface area contributed by atoms with E-state index in [0.29, 0.717) is 0 Å². The Morgan fingerprint density at radius 1 is 1.27 bits per heavy atom. The van der Waals surface area contributed by atoms with Gasteiger partial charge in [0.2, 0.25) is 0 Å². The van der Waals surface area contributed by atoms with Crippen molar-refractivity contribution in [3.05, 3.63) is 12.4 Å². The fourth-order valence-electron chi connectivity index (χ4n) is 1.18. The van der Waals surface area contributed by atoms with Gasteiger partial charge in [0.25, 0.3) is 0 Å². The summed E-state index contributed by atoms with van der Waals surface area (Å²) < 4.78 is 39.0. The zero-order chi connectivity index (χ0) is 12.1. The van der Waals surface area contributed by atoms with Crippen molar-refractivity contribution in [3.8, 4) is 0 Å². The molecule has 0 bridgehead atoms. The standard InChI is InChI=1S/C8H16N2.BF4/c1-8(2)6-10-5-4-9(3)7-10;2-1(3,4)5/h4-5,8H,6-7H2,1-3H3;/q;-1/p+1. The second kappa shape index (κ2) is 5.87. The third kappa shape index (κ3) is 11.0. The van der Waals surface area contributed by atoms with Crippen LogP contribution in [0.15, 0.2) is 12.4 Å². The van der Waals surface area contributed by atoms with E-state index in [1.807, 2.05) is 0 Å². The highest BCUT2D eigenvalue weighted by molar-refractivity contribution is 6.50. The minimum atomic E-state index is -6.00. The lowest BCUT2D eigenvalue weighted by Crippen LogP contribution is -2.25. The van der Waals surface area contributed by atoms with E-state index in [4.69, 9.17) is 0 Å². The first-order valence-electron chi connectivity index (χ1n) is 4.68. The lowest BCUT2D eigenvalue weighted by molar-refractivity contribution is 0.271. The van der Waals surface area contributed by atoms with Gasteiger partial charge in [-0.3, -0.25) is 0 Å². The molecule has 0 atom stereocenters. The van der Waals surface area contributed by atoms with Gasteiger partial charge >= 0.3 is 8.68 Å². The van der Waals surface area contributed by atoms with Crippen LogP contribution < -0.4 is 0 Å². The predicted octanol–water partition coefficient (Wildman–Crippen LogP) is 2.73. The first kappa shape index (κ1) is 14.1. The molecule has 1 aliphatic rings. The van der Waals surface area contributed by atoms with Crippen LogP contribution in [0.2, 0.25) is 0 Å². The molecule has 0 radical (unpaired) electrons. The lowest BCUT2D eigenvalue weighted by Gasteiger charge is -2.19.